The summed E-state index contributed by atoms with van der Waals surface area (Å²) >= 11 is 1.26. The van der Waals surface area contributed by atoms with E-state index in [1.54, 1.807) is 26.1 Å². The molecule has 0 bridgehead atoms. The van der Waals surface area contributed by atoms with Gasteiger partial charge in [0.25, 0.3) is 0 Å². The second kappa shape index (κ2) is 5.41. The number of aromatic amines is 1. The molecular weight excluding hydrogens is 266 g/mol. The lowest BCUT2D eigenvalue weighted by atomic mass is 10.1. The minimum atomic E-state index is -0.804. The fourth-order valence-electron chi connectivity index (χ4n) is 1.47. The lowest BCUT2D eigenvalue weighted by Gasteiger charge is -2.07. The molecule has 1 unspecified atom stereocenters. The molecule has 0 saturated heterocycles. The Bertz CT molecular complexity index is 689. The van der Waals surface area contributed by atoms with E-state index in [9.17, 15) is 14.7 Å². The summed E-state index contributed by atoms with van der Waals surface area (Å²) in [6.07, 6.45) is -0.519. The lowest BCUT2D eigenvalue weighted by molar-refractivity contribution is 0.199. The van der Waals surface area contributed by atoms with Crippen molar-refractivity contribution in [3.05, 3.63) is 50.5 Å². The Hall–Kier alpha value is -1.86. The van der Waals surface area contributed by atoms with E-state index in [1.807, 2.05) is 12.1 Å². The van der Waals surface area contributed by atoms with Crippen molar-refractivity contribution in [2.75, 3.05) is 0 Å². The second-order valence-electron chi connectivity index (χ2n) is 4.05. The molecule has 0 spiro atoms. The summed E-state index contributed by atoms with van der Waals surface area (Å²) in [7, 11) is 1.61. The molecule has 0 saturated carbocycles. The van der Waals surface area contributed by atoms with Gasteiger partial charge in [0.15, 0.2) is 5.16 Å². The average molecular weight is 279 g/mol. The van der Waals surface area contributed by atoms with Gasteiger partial charge in [-0.3, -0.25) is 19.4 Å². The molecule has 100 valence electrons. The number of H-pyrrole nitrogens is 1. The van der Waals surface area contributed by atoms with Gasteiger partial charge in [0.2, 0.25) is 0 Å². The predicted molar refractivity (Wildman–Crippen MR) is 71.3 cm³/mol. The highest BCUT2D eigenvalue weighted by atomic mass is 32.2. The highest BCUT2D eigenvalue weighted by Crippen LogP contribution is 2.25. The van der Waals surface area contributed by atoms with Crippen LogP contribution in [-0.2, 0) is 7.05 Å². The van der Waals surface area contributed by atoms with Crippen molar-refractivity contribution in [2.24, 2.45) is 7.05 Å². The molecular formula is C12H13N3O3S. The van der Waals surface area contributed by atoms with Gasteiger partial charge >= 0.3 is 11.1 Å². The molecule has 2 aromatic rings. The first-order valence-electron chi connectivity index (χ1n) is 5.60. The molecule has 1 heterocycles. The first-order chi connectivity index (χ1) is 8.97. The third-order valence-electron chi connectivity index (χ3n) is 2.52. The summed E-state index contributed by atoms with van der Waals surface area (Å²) in [6, 6.07) is 7.25. The van der Waals surface area contributed by atoms with E-state index in [2.05, 4.69) is 10.1 Å². The van der Waals surface area contributed by atoms with Gasteiger partial charge in [-0.25, -0.2) is 0 Å². The molecule has 0 aliphatic carbocycles. The number of aliphatic hydroxyl groups is 1. The van der Waals surface area contributed by atoms with Gasteiger partial charge in [-0.05, 0) is 24.6 Å². The van der Waals surface area contributed by atoms with Gasteiger partial charge in [0, 0.05) is 11.9 Å². The third kappa shape index (κ3) is 3.12. The summed E-state index contributed by atoms with van der Waals surface area (Å²) in [5.74, 6) is 0. The normalized spacial score (nSPS) is 12.4. The largest absolute Gasteiger partial charge is 0.389 e. The molecule has 2 N–H and O–H groups in total. The van der Waals surface area contributed by atoms with Crippen LogP contribution in [0.2, 0.25) is 0 Å². The zero-order chi connectivity index (χ0) is 14.0. The molecule has 0 aliphatic heterocycles. The number of aliphatic hydroxyl groups excluding tert-OH is 1. The van der Waals surface area contributed by atoms with Crippen molar-refractivity contribution >= 4 is 11.8 Å². The molecule has 0 radical (unpaired) electrons. The van der Waals surface area contributed by atoms with Crippen LogP contribution in [0, 0.1) is 0 Å². The number of nitrogens with zero attached hydrogens (tertiary/aromatic N) is 2. The van der Waals surface area contributed by atoms with Crippen LogP contribution in [0.3, 0.4) is 0 Å². The second-order valence-corrected chi connectivity index (χ2v) is 5.09. The number of rotatable bonds is 3. The molecule has 0 amide bonds. The van der Waals surface area contributed by atoms with Crippen LogP contribution < -0.4 is 11.1 Å². The molecule has 7 heteroatoms. The average Bonchev–Trinajstić information content (AvgIpc) is 2.36. The van der Waals surface area contributed by atoms with Gasteiger partial charge in [-0.15, -0.1) is 0 Å². The molecule has 1 aromatic heterocycles. The Morgan fingerprint density at radius 2 is 1.95 bits per heavy atom. The van der Waals surface area contributed by atoms with Crippen molar-refractivity contribution in [1.29, 1.82) is 0 Å². The summed E-state index contributed by atoms with van der Waals surface area (Å²) < 4.78 is 1.40. The maximum absolute atomic E-state index is 11.2. The Labute approximate surface area is 113 Å². The van der Waals surface area contributed by atoms with E-state index in [4.69, 9.17) is 0 Å². The van der Waals surface area contributed by atoms with Gasteiger partial charge in [0.1, 0.15) is 0 Å². The van der Waals surface area contributed by atoms with Crippen molar-refractivity contribution in [3.63, 3.8) is 0 Å². The van der Waals surface area contributed by atoms with Crippen LogP contribution >= 0.6 is 11.8 Å². The molecule has 19 heavy (non-hydrogen) atoms. The maximum Gasteiger partial charge on any atom is 0.339 e. The first-order valence-corrected chi connectivity index (χ1v) is 6.42. The fraction of sp³-hybridized carbons (Fsp3) is 0.250. The maximum atomic E-state index is 11.2. The van der Waals surface area contributed by atoms with E-state index in [0.29, 0.717) is 5.16 Å². The molecule has 0 fully saturated rings. The molecule has 2 rings (SSSR count). The Morgan fingerprint density at radius 1 is 1.32 bits per heavy atom. The number of nitrogens with one attached hydrogen (secondary N) is 1. The van der Waals surface area contributed by atoms with E-state index in [-0.39, 0.29) is 0 Å². The zero-order valence-corrected chi connectivity index (χ0v) is 11.3. The molecule has 0 aliphatic rings. The van der Waals surface area contributed by atoms with Gasteiger partial charge in [-0.1, -0.05) is 23.9 Å². The monoisotopic (exact) mass is 279 g/mol. The quantitative estimate of drug-likeness (QED) is 0.806. The zero-order valence-electron chi connectivity index (χ0n) is 10.5. The van der Waals surface area contributed by atoms with E-state index in [0.717, 1.165) is 10.5 Å². The van der Waals surface area contributed by atoms with E-state index < -0.39 is 17.2 Å². The number of hydrogen-bond acceptors (Lipinski definition) is 5. The number of hydrogen-bond donors (Lipinski definition) is 2. The van der Waals surface area contributed by atoms with Crippen LogP contribution in [0.15, 0.2) is 43.9 Å². The standard InChI is InChI=1S/C12H13N3O3S/c1-7(16)8-3-5-9(6-4-8)19-12-13-10(17)11(18)14-15(12)2/h3-7,16H,1-2H3,(H,14,18). The molecule has 1 atom stereocenters. The topological polar surface area (TPSA) is 88.0 Å². The minimum Gasteiger partial charge on any atom is -0.389 e. The fourth-order valence-corrected chi connectivity index (χ4v) is 2.27. The Morgan fingerprint density at radius 3 is 2.53 bits per heavy atom. The summed E-state index contributed by atoms with van der Waals surface area (Å²) in [5.41, 5.74) is -0.731. The molecule has 1 aromatic carbocycles. The minimum absolute atomic E-state index is 0.398. The van der Waals surface area contributed by atoms with Crippen LogP contribution in [-0.4, -0.2) is 19.9 Å². The van der Waals surface area contributed by atoms with Gasteiger partial charge in [0.05, 0.1) is 6.10 Å². The van der Waals surface area contributed by atoms with Crippen molar-refractivity contribution in [2.45, 2.75) is 23.1 Å². The highest BCUT2D eigenvalue weighted by molar-refractivity contribution is 7.99. The lowest BCUT2D eigenvalue weighted by Crippen LogP contribution is -2.33. The van der Waals surface area contributed by atoms with E-state index in [1.165, 1.54) is 16.4 Å². The molecule has 6 nitrogen and oxygen atoms in total. The van der Waals surface area contributed by atoms with E-state index >= 15 is 0 Å². The van der Waals surface area contributed by atoms with Crippen LogP contribution in [0.5, 0.6) is 0 Å². The SMILES string of the molecule is CC(O)c1ccc(Sc2nc(=O)c(=O)[nH]n2C)cc1. The number of benzene rings is 1. The summed E-state index contributed by atoms with van der Waals surface area (Å²) in [6.45, 7) is 1.69. The van der Waals surface area contributed by atoms with Gasteiger partial charge < -0.3 is 5.11 Å². The number of aromatic nitrogens is 3. The van der Waals surface area contributed by atoms with Crippen molar-refractivity contribution in [3.8, 4) is 0 Å². The summed E-state index contributed by atoms with van der Waals surface area (Å²) in [4.78, 5) is 26.8. The Balaban J connectivity index is 2.29. The third-order valence-corrected chi connectivity index (χ3v) is 3.57. The first kappa shape index (κ1) is 13.6. The Kier molecular flexibility index (Phi) is 3.87. The predicted octanol–water partition coefficient (Wildman–Crippen LogP) is 0.673. The van der Waals surface area contributed by atoms with Crippen LogP contribution in [0.25, 0.3) is 0 Å². The smallest absolute Gasteiger partial charge is 0.339 e. The van der Waals surface area contributed by atoms with Crippen LogP contribution in [0.4, 0.5) is 0 Å². The van der Waals surface area contributed by atoms with Crippen LogP contribution in [0.1, 0.15) is 18.6 Å². The highest BCUT2D eigenvalue weighted by Gasteiger charge is 2.07. The van der Waals surface area contributed by atoms with Crippen molar-refractivity contribution < 1.29 is 5.11 Å². The van der Waals surface area contributed by atoms with Gasteiger partial charge in [-0.2, -0.15) is 4.98 Å². The number of aryl methyl sites for hydroxylation is 1. The summed E-state index contributed by atoms with van der Waals surface area (Å²) in [5, 5.41) is 12.2. The van der Waals surface area contributed by atoms with Crippen molar-refractivity contribution in [1.82, 2.24) is 14.8 Å².